The van der Waals surface area contributed by atoms with Gasteiger partial charge in [0.1, 0.15) is 5.82 Å². The number of hydrogen-bond donors (Lipinski definition) is 2. The van der Waals surface area contributed by atoms with Gasteiger partial charge in [0, 0.05) is 12.1 Å². The summed E-state index contributed by atoms with van der Waals surface area (Å²) in [5.74, 6) is -0.534. The summed E-state index contributed by atoms with van der Waals surface area (Å²) in [6.07, 6.45) is 0.0673. The molecular weight excluding hydrogens is 233 g/mol. The fourth-order valence-corrected chi connectivity index (χ4v) is 1.50. The molecule has 0 saturated carbocycles. The molecular formula is C14H20FNO2. The van der Waals surface area contributed by atoms with Crippen LogP contribution < -0.4 is 5.32 Å². The van der Waals surface area contributed by atoms with Crippen LogP contribution in [0.5, 0.6) is 0 Å². The van der Waals surface area contributed by atoms with Crippen molar-refractivity contribution in [2.24, 2.45) is 5.92 Å². The fraction of sp³-hybridized carbons (Fsp3) is 0.500. The summed E-state index contributed by atoms with van der Waals surface area (Å²) in [5.41, 5.74) is 0.818. The van der Waals surface area contributed by atoms with Gasteiger partial charge in [0.15, 0.2) is 0 Å². The average molecular weight is 253 g/mol. The first-order valence-electron chi connectivity index (χ1n) is 6.14. The van der Waals surface area contributed by atoms with Crippen molar-refractivity contribution in [2.75, 3.05) is 6.54 Å². The number of carbonyl (C=O) groups is 1. The fourth-order valence-electron chi connectivity index (χ4n) is 1.50. The number of carbonyl (C=O) groups excluding carboxylic acids is 1. The van der Waals surface area contributed by atoms with Crippen LogP contribution in [0.25, 0.3) is 0 Å². The van der Waals surface area contributed by atoms with Crippen molar-refractivity contribution in [2.45, 2.75) is 33.3 Å². The number of halogens is 1. The van der Waals surface area contributed by atoms with E-state index >= 15 is 0 Å². The lowest BCUT2D eigenvalue weighted by Crippen LogP contribution is -2.28. The first-order valence-corrected chi connectivity index (χ1v) is 6.14. The van der Waals surface area contributed by atoms with Crippen LogP contribution in [0.1, 0.15) is 36.2 Å². The topological polar surface area (TPSA) is 49.3 Å². The van der Waals surface area contributed by atoms with Gasteiger partial charge in [-0.25, -0.2) is 4.39 Å². The summed E-state index contributed by atoms with van der Waals surface area (Å²) in [5, 5.41) is 12.2. The van der Waals surface area contributed by atoms with E-state index < -0.39 is 6.10 Å². The zero-order chi connectivity index (χ0) is 13.7. The van der Waals surface area contributed by atoms with Crippen molar-refractivity contribution in [3.05, 3.63) is 35.1 Å². The summed E-state index contributed by atoms with van der Waals surface area (Å²) in [7, 11) is 0. The lowest BCUT2D eigenvalue weighted by atomic mass is 10.0. The van der Waals surface area contributed by atoms with E-state index in [0.29, 0.717) is 24.1 Å². The molecule has 0 radical (unpaired) electrons. The number of aryl methyl sites for hydroxylation is 1. The molecule has 1 aromatic rings. The van der Waals surface area contributed by atoms with E-state index in [4.69, 9.17) is 0 Å². The van der Waals surface area contributed by atoms with Crippen molar-refractivity contribution < 1.29 is 14.3 Å². The van der Waals surface area contributed by atoms with E-state index in [0.717, 1.165) is 0 Å². The third kappa shape index (κ3) is 4.11. The van der Waals surface area contributed by atoms with Crippen LogP contribution in [0, 0.1) is 18.7 Å². The van der Waals surface area contributed by atoms with Gasteiger partial charge in [-0.1, -0.05) is 19.9 Å². The van der Waals surface area contributed by atoms with Crippen LogP contribution in [0.15, 0.2) is 18.2 Å². The molecule has 100 valence electrons. The Hall–Kier alpha value is -1.42. The summed E-state index contributed by atoms with van der Waals surface area (Å²) < 4.78 is 13.3. The van der Waals surface area contributed by atoms with E-state index in [9.17, 15) is 14.3 Å². The third-order valence-electron chi connectivity index (χ3n) is 2.93. The van der Waals surface area contributed by atoms with E-state index in [1.165, 1.54) is 6.07 Å². The Bertz CT molecular complexity index is 418. The molecule has 0 saturated heterocycles. The highest BCUT2D eigenvalue weighted by Crippen LogP contribution is 2.09. The highest BCUT2D eigenvalue weighted by atomic mass is 19.1. The Morgan fingerprint density at radius 1 is 1.44 bits per heavy atom. The largest absolute Gasteiger partial charge is 0.393 e. The first-order chi connectivity index (χ1) is 8.41. The van der Waals surface area contributed by atoms with Gasteiger partial charge in [-0.05, 0) is 37.0 Å². The first kappa shape index (κ1) is 14.6. The van der Waals surface area contributed by atoms with Crippen LogP contribution in [-0.4, -0.2) is 23.7 Å². The molecule has 0 spiro atoms. The third-order valence-corrected chi connectivity index (χ3v) is 2.93. The molecule has 1 atom stereocenters. The number of nitrogens with one attached hydrogen (secondary N) is 1. The zero-order valence-corrected chi connectivity index (χ0v) is 11.0. The molecule has 4 heteroatoms. The number of hydrogen-bond acceptors (Lipinski definition) is 2. The molecule has 0 fully saturated rings. The minimum atomic E-state index is -0.431. The molecule has 18 heavy (non-hydrogen) atoms. The predicted molar refractivity (Wildman–Crippen MR) is 68.9 cm³/mol. The molecule has 2 N–H and O–H groups in total. The predicted octanol–water partition coefficient (Wildman–Crippen LogP) is 2.27. The van der Waals surface area contributed by atoms with Crippen molar-refractivity contribution in [1.29, 1.82) is 0 Å². The van der Waals surface area contributed by atoms with Crippen molar-refractivity contribution in [3.63, 3.8) is 0 Å². The minimum absolute atomic E-state index is 0.165. The van der Waals surface area contributed by atoms with Crippen LogP contribution in [-0.2, 0) is 0 Å². The smallest absolute Gasteiger partial charge is 0.251 e. The van der Waals surface area contributed by atoms with E-state index in [2.05, 4.69) is 5.32 Å². The Kier molecular flexibility index (Phi) is 5.28. The number of amides is 1. The summed E-state index contributed by atoms with van der Waals surface area (Å²) in [6, 6.07) is 4.39. The van der Waals surface area contributed by atoms with E-state index in [1.54, 1.807) is 19.1 Å². The summed E-state index contributed by atoms with van der Waals surface area (Å²) >= 11 is 0. The zero-order valence-electron chi connectivity index (χ0n) is 11.0. The molecule has 3 nitrogen and oxygen atoms in total. The van der Waals surface area contributed by atoms with Crippen LogP contribution in [0.2, 0.25) is 0 Å². The quantitative estimate of drug-likeness (QED) is 0.845. The van der Waals surface area contributed by atoms with E-state index in [-0.39, 0.29) is 17.6 Å². The van der Waals surface area contributed by atoms with Gasteiger partial charge in [-0.3, -0.25) is 4.79 Å². The van der Waals surface area contributed by atoms with Crippen molar-refractivity contribution >= 4 is 5.91 Å². The number of benzene rings is 1. The molecule has 0 aliphatic heterocycles. The maximum Gasteiger partial charge on any atom is 0.251 e. The molecule has 1 rings (SSSR count). The lowest BCUT2D eigenvalue weighted by molar-refractivity contribution is 0.0919. The Balaban J connectivity index is 2.48. The molecule has 0 aliphatic rings. The second-order valence-corrected chi connectivity index (χ2v) is 4.82. The van der Waals surface area contributed by atoms with Gasteiger partial charge in [0.05, 0.1) is 6.10 Å². The summed E-state index contributed by atoms with van der Waals surface area (Å²) in [4.78, 5) is 11.7. The monoisotopic (exact) mass is 253 g/mol. The Morgan fingerprint density at radius 3 is 2.67 bits per heavy atom. The normalized spacial score (nSPS) is 12.6. The molecule has 0 aliphatic carbocycles. The standard InChI is InChI=1S/C14H20FNO2/c1-9(2)13(17)6-7-16-14(18)11-5-4-10(3)12(15)8-11/h4-5,8-9,13,17H,6-7H2,1-3H3,(H,16,18). The highest BCUT2D eigenvalue weighted by molar-refractivity contribution is 5.94. The van der Waals surface area contributed by atoms with Crippen LogP contribution in [0.3, 0.4) is 0 Å². The van der Waals surface area contributed by atoms with E-state index in [1.807, 2.05) is 13.8 Å². The van der Waals surface area contributed by atoms with Gasteiger partial charge >= 0.3 is 0 Å². The van der Waals surface area contributed by atoms with Crippen LogP contribution >= 0.6 is 0 Å². The van der Waals surface area contributed by atoms with Gasteiger partial charge in [-0.2, -0.15) is 0 Å². The molecule has 1 amide bonds. The molecule has 0 bridgehead atoms. The molecule has 1 unspecified atom stereocenters. The van der Waals surface area contributed by atoms with Crippen molar-refractivity contribution in [3.8, 4) is 0 Å². The lowest BCUT2D eigenvalue weighted by Gasteiger charge is -2.14. The second-order valence-electron chi connectivity index (χ2n) is 4.82. The second kappa shape index (κ2) is 6.50. The number of rotatable bonds is 5. The van der Waals surface area contributed by atoms with Crippen molar-refractivity contribution in [1.82, 2.24) is 5.32 Å². The minimum Gasteiger partial charge on any atom is -0.393 e. The van der Waals surface area contributed by atoms with Gasteiger partial charge in [-0.15, -0.1) is 0 Å². The van der Waals surface area contributed by atoms with Crippen LogP contribution in [0.4, 0.5) is 4.39 Å². The Labute approximate surface area is 107 Å². The number of aliphatic hydroxyl groups excluding tert-OH is 1. The molecule has 0 heterocycles. The highest BCUT2D eigenvalue weighted by Gasteiger charge is 2.11. The maximum atomic E-state index is 13.3. The van der Waals surface area contributed by atoms with Gasteiger partial charge in [0.25, 0.3) is 5.91 Å². The molecule has 1 aromatic carbocycles. The number of aliphatic hydroxyl groups is 1. The summed E-state index contributed by atoms with van der Waals surface area (Å²) in [6.45, 7) is 5.87. The maximum absolute atomic E-state index is 13.3. The average Bonchev–Trinajstić information content (AvgIpc) is 2.32. The van der Waals surface area contributed by atoms with Gasteiger partial charge < -0.3 is 10.4 Å². The molecule has 0 aromatic heterocycles. The Morgan fingerprint density at radius 2 is 2.11 bits per heavy atom. The SMILES string of the molecule is Cc1ccc(C(=O)NCCC(O)C(C)C)cc1F. The van der Waals surface area contributed by atoms with Gasteiger partial charge in [0.2, 0.25) is 0 Å².